The highest BCUT2D eigenvalue weighted by Crippen LogP contribution is 2.31. The molecule has 2 nitrogen and oxygen atoms in total. The first-order valence-corrected chi connectivity index (χ1v) is 7.01. The first-order valence-electron chi connectivity index (χ1n) is 7.01. The molecule has 94 valence electrons. The van der Waals surface area contributed by atoms with Crippen molar-refractivity contribution < 1.29 is 4.79 Å². The molecule has 0 saturated heterocycles. The number of unbranched alkanes of at least 4 members (excludes halogenated alkanes) is 1. The zero-order valence-electron chi connectivity index (χ0n) is 11.0. The fourth-order valence-corrected chi connectivity index (χ4v) is 2.87. The van der Waals surface area contributed by atoms with Crippen molar-refractivity contribution in [2.24, 2.45) is 0 Å². The molecule has 0 bridgehead atoms. The number of Topliss-reactive ketones (excluding diaryl/α,β-unsaturated/α-hetero) is 1. The molecule has 1 unspecified atom stereocenters. The Labute approximate surface area is 104 Å². The highest BCUT2D eigenvalue weighted by atomic mass is 16.1. The molecule has 1 aliphatic rings. The summed E-state index contributed by atoms with van der Waals surface area (Å²) in [6.45, 7) is 4.44. The quantitative estimate of drug-likeness (QED) is 0.749. The van der Waals surface area contributed by atoms with Crippen LogP contribution in [-0.4, -0.2) is 10.4 Å². The standard InChI is InChI=1S/C15H23NO/c1-3-5-7-13-8-10-14-15(17)11-9-12(6-4-2)16(13)14/h8,10,12H,3-7,9,11H2,1-2H3. The van der Waals surface area contributed by atoms with Gasteiger partial charge in [0.25, 0.3) is 0 Å². The van der Waals surface area contributed by atoms with E-state index in [2.05, 4.69) is 24.5 Å². The largest absolute Gasteiger partial charge is 0.339 e. The van der Waals surface area contributed by atoms with Gasteiger partial charge in [0.05, 0.1) is 5.69 Å². The summed E-state index contributed by atoms with van der Waals surface area (Å²) in [5.74, 6) is 0.333. The van der Waals surface area contributed by atoms with E-state index >= 15 is 0 Å². The molecular weight excluding hydrogens is 210 g/mol. The minimum atomic E-state index is 0.333. The zero-order valence-corrected chi connectivity index (χ0v) is 11.0. The van der Waals surface area contributed by atoms with E-state index in [1.54, 1.807) is 0 Å². The van der Waals surface area contributed by atoms with Gasteiger partial charge in [0, 0.05) is 18.2 Å². The maximum Gasteiger partial charge on any atom is 0.179 e. The number of aromatic nitrogens is 1. The molecule has 0 radical (unpaired) electrons. The van der Waals surface area contributed by atoms with E-state index < -0.39 is 0 Å². The summed E-state index contributed by atoms with van der Waals surface area (Å²) >= 11 is 0. The van der Waals surface area contributed by atoms with Gasteiger partial charge in [-0.15, -0.1) is 0 Å². The maximum atomic E-state index is 11.9. The highest BCUT2D eigenvalue weighted by molar-refractivity contribution is 5.95. The molecular formula is C15H23NO. The average molecular weight is 233 g/mol. The molecule has 0 N–H and O–H groups in total. The van der Waals surface area contributed by atoms with Crippen molar-refractivity contribution in [2.45, 2.75) is 64.8 Å². The van der Waals surface area contributed by atoms with Gasteiger partial charge in [0.15, 0.2) is 5.78 Å². The van der Waals surface area contributed by atoms with E-state index in [-0.39, 0.29) is 0 Å². The van der Waals surface area contributed by atoms with Gasteiger partial charge in [-0.3, -0.25) is 4.79 Å². The summed E-state index contributed by atoms with van der Waals surface area (Å²) in [5.41, 5.74) is 2.33. The Bertz CT molecular complexity index is 392. The molecule has 0 aliphatic carbocycles. The number of carbonyl (C=O) groups is 1. The lowest BCUT2D eigenvalue weighted by atomic mass is 9.98. The molecule has 0 fully saturated rings. The van der Waals surface area contributed by atoms with E-state index in [0.29, 0.717) is 11.8 Å². The third-order valence-corrected chi connectivity index (χ3v) is 3.77. The molecule has 2 heteroatoms. The van der Waals surface area contributed by atoms with Crippen molar-refractivity contribution in [1.29, 1.82) is 0 Å². The van der Waals surface area contributed by atoms with Gasteiger partial charge in [-0.05, 0) is 37.8 Å². The van der Waals surface area contributed by atoms with Gasteiger partial charge in [-0.25, -0.2) is 0 Å². The number of fused-ring (bicyclic) bond motifs is 1. The summed E-state index contributed by atoms with van der Waals surface area (Å²) in [5, 5.41) is 0. The first-order chi connectivity index (χ1) is 8.27. The topological polar surface area (TPSA) is 22.0 Å². The number of rotatable bonds is 5. The Morgan fingerprint density at radius 1 is 1.29 bits per heavy atom. The third-order valence-electron chi connectivity index (χ3n) is 3.77. The van der Waals surface area contributed by atoms with Crippen molar-refractivity contribution in [1.82, 2.24) is 4.57 Å². The first kappa shape index (κ1) is 12.4. The minimum absolute atomic E-state index is 0.333. The smallest absolute Gasteiger partial charge is 0.179 e. The Morgan fingerprint density at radius 2 is 2.12 bits per heavy atom. The van der Waals surface area contributed by atoms with E-state index in [1.165, 1.54) is 31.4 Å². The van der Waals surface area contributed by atoms with E-state index in [4.69, 9.17) is 0 Å². The lowest BCUT2D eigenvalue weighted by Crippen LogP contribution is -2.23. The van der Waals surface area contributed by atoms with Crippen LogP contribution in [0.15, 0.2) is 12.1 Å². The number of nitrogens with zero attached hydrogens (tertiary/aromatic N) is 1. The Hall–Kier alpha value is -1.05. The van der Waals surface area contributed by atoms with Gasteiger partial charge >= 0.3 is 0 Å². The predicted molar refractivity (Wildman–Crippen MR) is 70.6 cm³/mol. The number of hydrogen-bond donors (Lipinski definition) is 0. The van der Waals surface area contributed by atoms with Crippen LogP contribution >= 0.6 is 0 Å². The Morgan fingerprint density at radius 3 is 2.82 bits per heavy atom. The van der Waals surface area contributed by atoms with Crippen molar-refractivity contribution in [3.8, 4) is 0 Å². The number of hydrogen-bond acceptors (Lipinski definition) is 1. The predicted octanol–water partition coefficient (Wildman–Crippen LogP) is 4.15. The molecule has 17 heavy (non-hydrogen) atoms. The van der Waals surface area contributed by atoms with Crippen LogP contribution in [0.1, 0.15) is 74.6 Å². The molecule has 1 aliphatic heterocycles. The summed E-state index contributed by atoms with van der Waals surface area (Å²) in [7, 11) is 0. The molecule has 0 aromatic carbocycles. The monoisotopic (exact) mass is 233 g/mol. The average Bonchev–Trinajstić information content (AvgIpc) is 2.75. The Balaban J connectivity index is 2.28. The molecule has 1 atom stereocenters. The van der Waals surface area contributed by atoms with Gasteiger partial charge in [0.1, 0.15) is 0 Å². The van der Waals surface area contributed by atoms with Crippen LogP contribution in [-0.2, 0) is 6.42 Å². The van der Waals surface area contributed by atoms with Crippen LogP contribution < -0.4 is 0 Å². The van der Waals surface area contributed by atoms with Crippen LogP contribution in [0.25, 0.3) is 0 Å². The molecule has 0 spiro atoms. The minimum Gasteiger partial charge on any atom is -0.339 e. The summed E-state index contributed by atoms with van der Waals surface area (Å²) in [6, 6.07) is 4.76. The maximum absolute atomic E-state index is 11.9. The van der Waals surface area contributed by atoms with Gasteiger partial charge in [-0.2, -0.15) is 0 Å². The summed E-state index contributed by atoms with van der Waals surface area (Å²) in [4.78, 5) is 11.9. The summed E-state index contributed by atoms with van der Waals surface area (Å²) < 4.78 is 2.34. The van der Waals surface area contributed by atoms with Crippen LogP contribution in [0.3, 0.4) is 0 Å². The lowest BCUT2D eigenvalue weighted by Gasteiger charge is -2.27. The number of ketones is 1. The van der Waals surface area contributed by atoms with Crippen LogP contribution in [0.2, 0.25) is 0 Å². The lowest BCUT2D eigenvalue weighted by molar-refractivity contribution is 0.0939. The van der Waals surface area contributed by atoms with Crippen LogP contribution in [0.4, 0.5) is 0 Å². The fourth-order valence-electron chi connectivity index (χ4n) is 2.87. The van der Waals surface area contributed by atoms with Crippen molar-refractivity contribution in [3.05, 3.63) is 23.5 Å². The van der Waals surface area contributed by atoms with Crippen LogP contribution in [0, 0.1) is 0 Å². The molecule has 2 heterocycles. The van der Waals surface area contributed by atoms with Gasteiger partial charge < -0.3 is 4.57 Å². The molecule has 2 rings (SSSR count). The van der Waals surface area contributed by atoms with E-state index in [9.17, 15) is 4.79 Å². The van der Waals surface area contributed by atoms with Crippen molar-refractivity contribution >= 4 is 5.78 Å². The van der Waals surface area contributed by atoms with Gasteiger partial charge in [0.2, 0.25) is 0 Å². The second kappa shape index (κ2) is 5.52. The van der Waals surface area contributed by atoms with Crippen LogP contribution in [0.5, 0.6) is 0 Å². The fraction of sp³-hybridized carbons (Fsp3) is 0.667. The number of carbonyl (C=O) groups excluding carboxylic acids is 1. The summed E-state index contributed by atoms with van der Waals surface area (Å²) in [6.07, 6.45) is 7.72. The highest BCUT2D eigenvalue weighted by Gasteiger charge is 2.26. The molecule has 0 saturated carbocycles. The zero-order chi connectivity index (χ0) is 12.3. The van der Waals surface area contributed by atoms with Crippen molar-refractivity contribution in [3.63, 3.8) is 0 Å². The normalized spacial score (nSPS) is 19.4. The number of aryl methyl sites for hydroxylation is 1. The Kier molecular flexibility index (Phi) is 4.03. The second-order valence-corrected chi connectivity index (χ2v) is 5.09. The van der Waals surface area contributed by atoms with Crippen molar-refractivity contribution in [2.75, 3.05) is 0 Å². The van der Waals surface area contributed by atoms with Gasteiger partial charge in [-0.1, -0.05) is 26.7 Å². The van der Waals surface area contributed by atoms with E-state index in [1.807, 2.05) is 6.07 Å². The molecule has 1 aromatic rings. The third kappa shape index (κ3) is 2.46. The molecule has 0 amide bonds. The second-order valence-electron chi connectivity index (χ2n) is 5.09. The SMILES string of the molecule is CCCCc1ccc2n1C(CCC)CCC2=O. The van der Waals surface area contributed by atoms with E-state index in [0.717, 1.165) is 25.0 Å². The molecule has 1 aromatic heterocycles.